The number of hydrogen-bond acceptors (Lipinski definition) is 3. The number of likely N-dealkylation sites (tertiary alicyclic amines) is 1. The minimum Gasteiger partial charge on any atom is -0.393 e. The molecule has 0 bridgehead atoms. The number of H-pyrrole nitrogens is 1. The van der Waals surface area contributed by atoms with E-state index >= 15 is 4.79 Å². The second-order valence-electron chi connectivity index (χ2n) is 19.1. The summed E-state index contributed by atoms with van der Waals surface area (Å²) < 4.78 is 13.6. The van der Waals surface area contributed by atoms with Crippen molar-refractivity contribution in [3.05, 3.63) is 54.3 Å². The van der Waals surface area contributed by atoms with E-state index in [0.29, 0.717) is 35.5 Å². The molecule has 0 radical (unpaired) electrons. The molecule has 5 aliphatic carbocycles. The maximum atomic E-state index is 15.3. The highest BCUT2D eigenvalue weighted by atomic mass is 19.1. The third kappa shape index (κ3) is 4.56. The summed E-state index contributed by atoms with van der Waals surface area (Å²) >= 11 is 0. The van der Waals surface area contributed by atoms with E-state index < -0.39 is 0 Å². The Morgan fingerprint density at radius 2 is 1.67 bits per heavy atom. The predicted molar refractivity (Wildman–Crippen MR) is 193 cm³/mol. The van der Waals surface area contributed by atoms with Gasteiger partial charge in [-0.3, -0.25) is 4.79 Å². The maximum absolute atomic E-state index is 15.3. The molecule has 0 spiro atoms. The summed E-state index contributed by atoms with van der Waals surface area (Å²) in [5.74, 6) is 3.40. The molecular formula is C43H60FN3O2. The molecule has 1 amide bonds. The number of allylic oxidation sites excluding steroid dienone is 1. The Morgan fingerprint density at radius 1 is 0.918 bits per heavy atom. The van der Waals surface area contributed by atoms with Gasteiger partial charge in [0.1, 0.15) is 11.6 Å². The van der Waals surface area contributed by atoms with Gasteiger partial charge >= 0.3 is 0 Å². The van der Waals surface area contributed by atoms with E-state index in [-0.39, 0.29) is 45.0 Å². The van der Waals surface area contributed by atoms with Crippen LogP contribution in [0.4, 0.5) is 4.39 Å². The Labute approximate surface area is 293 Å². The molecule has 266 valence electrons. The summed E-state index contributed by atoms with van der Waals surface area (Å²) in [5, 5.41) is 11.1. The number of imidazole rings is 1. The fourth-order valence-corrected chi connectivity index (χ4v) is 14.4. The third-order valence-electron chi connectivity index (χ3n) is 17.1. The van der Waals surface area contributed by atoms with Crippen LogP contribution in [0.1, 0.15) is 130 Å². The number of aromatic nitrogens is 2. The molecular weight excluding hydrogens is 609 g/mol. The lowest BCUT2D eigenvalue weighted by atomic mass is 9.32. The molecule has 5 nitrogen and oxygen atoms in total. The molecule has 8 rings (SSSR count). The van der Waals surface area contributed by atoms with E-state index in [2.05, 4.69) is 58.0 Å². The van der Waals surface area contributed by atoms with E-state index in [1.165, 1.54) is 43.4 Å². The Balaban J connectivity index is 1.12. The van der Waals surface area contributed by atoms with Crippen LogP contribution in [0.15, 0.2) is 42.6 Å². The number of carbonyl (C=O) groups is 1. The Bertz CT molecular complexity index is 1630. The van der Waals surface area contributed by atoms with Crippen LogP contribution in [0.3, 0.4) is 0 Å². The van der Waals surface area contributed by atoms with E-state index in [1.54, 1.807) is 12.1 Å². The summed E-state index contributed by atoms with van der Waals surface area (Å²) in [4.78, 5) is 25.9. The molecule has 1 aromatic carbocycles. The number of hydrogen-bond donors (Lipinski definition) is 2. The Morgan fingerprint density at radius 3 is 2.41 bits per heavy atom. The molecule has 1 saturated heterocycles. The van der Waals surface area contributed by atoms with Crippen LogP contribution >= 0.6 is 0 Å². The van der Waals surface area contributed by atoms with E-state index in [9.17, 15) is 9.50 Å². The molecule has 49 heavy (non-hydrogen) atoms. The number of carbonyl (C=O) groups excluding carboxylic acids is 1. The Kier molecular flexibility index (Phi) is 7.74. The largest absolute Gasteiger partial charge is 0.393 e. The van der Waals surface area contributed by atoms with Crippen molar-refractivity contribution in [3.8, 4) is 11.3 Å². The van der Waals surface area contributed by atoms with Crippen molar-refractivity contribution in [1.29, 1.82) is 0 Å². The van der Waals surface area contributed by atoms with Crippen LogP contribution in [0.25, 0.3) is 11.3 Å². The van der Waals surface area contributed by atoms with E-state index in [1.807, 2.05) is 6.20 Å². The lowest BCUT2D eigenvalue weighted by Gasteiger charge is -2.73. The van der Waals surface area contributed by atoms with E-state index in [4.69, 9.17) is 4.98 Å². The lowest BCUT2D eigenvalue weighted by molar-refractivity contribution is -0.247. The number of benzene rings is 1. The van der Waals surface area contributed by atoms with Gasteiger partial charge in [-0.25, -0.2) is 9.37 Å². The summed E-state index contributed by atoms with van der Waals surface area (Å²) in [5.41, 5.74) is 3.29. The van der Waals surface area contributed by atoms with Crippen LogP contribution in [0.2, 0.25) is 0 Å². The van der Waals surface area contributed by atoms with Crippen molar-refractivity contribution < 1.29 is 14.3 Å². The summed E-state index contributed by atoms with van der Waals surface area (Å²) in [6, 6.07) is 6.47. The van der Waals surface area contributed by atoms with Gasteiger partial charge in [-0.05, 0) is 165 Å². The Hall–Kier alpha value is -2.47. The first-order valence-electron chi connectivity index (χ1n) is 19.6. The van der Waals surface area contributed by atoms with Crippen molar-refractivity contribution in [1.82, 2.24) is 14.9 Å². The van der Waals surface area contributed by atoms with Crippen molar-refractivity contribution in [2.45, 2.75) is 131 Å². The van der Waals surface area contributed by atoms with Gasteiger partial charge in [0.05, 0.1) is 29.5 Å². The van der Waals surface area contributed by atoms with Gasteiger partial charge in [0.15, 0.2) is 0 Å². The number of nitrogens with zero attached hydrogens (tertiary/aromatic N) is 2. The van der Waals surface area contributed by atoms with E-state index in [0.717, 1.165) is 75.0 Å². The van der Waals surface area contributed by atoms with Gasteiger partial charge < -0.3 is 15.0 Å². The first kappa shape index (κ1) is 33.7. The molecule has 2 N–H and O–H groups in total. The quantitative estimate of drug-likeness (QED) is 0.319. The van der Waals surface area contributed by atoms with Crippen LogP contribution in [-0.4, -0.2) is 38.5 Å². The standard InChI is InChI=1S/C43H60FN3O2/c1-26(2)29-16-21-43(38(49)47-24-8-9-32(47)37-45-25-31(46-37)27-10-12-28(44)13-11-27)23-22-41(6)30(36(29)43)14-15-34-40(5)19-18-35(48)39(3,4)33(40)17-20-42(34,41)7/h10-13,25,29-30,32-36,48H,1,8-9,14-24H2,2-7H3,(H,45,46)/t29-,30+,32?,33-,34+,35-,36?,40-,41+,42+,43-/m0/s1. The average molecular weight is 670 g/mol. The number of aliphatic hydroxyl groups is 1. The van der Waals surface area contributed by atoms with Crippen molar-refractivity contribution >= 4 is 5.91 Å². The average Bonchev–Trinajstić information content (AvgIpc) is 3.82. The van der Waals surface area contributed by atoms with Crippen LogP contribution in [-0.2, 0) is 4.79 Å². The first-order valence-corrected chi connectivity index (χ1v) is 19.6. The van der Waals surface area contributed by atoms with Crippen LogP contribution in [0.5, 0.6) is 0 Å². The summed E-state index contributed by atoms with van der Waals surface area (Å²) in [6.07, 6.45) is 14.6. The fraction of sp³-hybridized carbons (Fsp3) is 0.721. The molecule has 6 heteroatoms. The SMILES string of the molecule is C=C(C)[C@@H]1CC[C@]2(C(=O)N3CCCC3c3ncc(-c4ccc(F)cc4)[nH]3)CC[C@]3(C)[C@H](CC[C@@H]4[C@@]5(C)CC[C@H](O)C(C)(C)[C@@H]5CC[C@]43C)C12. The zero-order valence-corrected chi connectivity index (χ0v) is 31.0. The highest BCUT2D eigenvalue weighted by Gasteiger charge is 2.72. The highest BCUT2D eigenvalue weighted by molar-refractivity contribution is 5.84. The van der Waals surface area contributed by atoms with Crippen molar-refractivity contribution in [3.63, 3.8) is 0 Å². The number of amides is 1. The number of halogens is 1. The van der Waals surface area contributed by atoms with Gasteiger partial charge in [0, 0.05) is 6.54 Å². The fourth-order valence-electron chi connectivity index (χ4n) is 14.4. The smallest absolute Gasteiger partial charge is 0.229 e. The van der Waals surface area contributed by atoms with Crippen LogP contribution < -0.4 is 0 Å². The molecule has 1 aromatic heterocycles. The third-order valence-corrected chi connectivity index (χ3v) is 17.1. The summed E-state index contributed by atoms with van der Waals surface area (Å²) in [7, 11) is 0. The van der Waals surface area contributed by atoms with Gasteiger partial charge in [-0.15, -0.1) is 0 Å². The van der Waals surface area contributed by atoms with Crippen LogP contribution in [0, 0.1) is 62.5 Å². The van der Waals surface area contributed by atoms with Gasteiger partial charge in [0.25, 0.3) is 0 Å². The van der Waals surface area contributed by atoms with Gasteiger partial charge in [-0.2, -0.15) is 0 Å². The maximum Gasteiger partial charge on any atom is 0.229 e. The zero-order chi connectivity index (χ0) is 34.7. The molecule has 6 fully saturated rings. The molecule has 2 heterocycles. The molecule has 6 aliphatic rings. The van der Waals surface area contributed by atoms with Crippen molar-refractivity contribution in [2.24, 2.45) is 56.7 Å². The normalized spacial score (nSPS) is 44.1. The minimum atomic E-state index is -0.343. The highest BCUT2D eigenvalue weighted by Crippen LogP contribution is 2.77. The number of aromatic amines is 1. The zero-order valence-electron chi connectivity index (χ0n) is 31.0. The second-order valence-corrected chi connectivity index (χ2v) is 19.1. The summed E-state index contributed by atoms with van der Waals surface area (Å²) in [6.45, 7) is 20.2. The number of nitrogens with one attached hydrogen (secondary N) is 1. The molecule has 5 saturated carbocycles. The van der Waals surface area contributed by atoms with Gasteiger partial charge in [-0.1, -0.05) is 46.8 Å². The minimum absolute atomic E-state index is 0.0449. The molecule has 2 aromatic rings. The molecule has 11 atom stereocenters. The molecule has 2 unspecified atom stereocenters. The monoisotopic (exact) mass is 669 g/mol. The second kappa shape index (κ2) is 11.3. The van der Waals surface area contributed by atoms with Gasteiger partial charge in [0.2, 0.25) is 5.91 Å². The topological polar surface area (TPSA) is 69.2 Å². The lowest BCUT2D eigenvalue weighted by Crippen LogP contribution is -2.67. The number of fused-ring (bicyclic) bond motifs is 7. The predicted octanol–water partition coefficient (Wildman–Crippen LogP) is 9.90. The first-order chi connectivity index (χ1) is 23.2. The number of aliphatic hydroxyl groups excluding tert-OH is 1. The number of rotatable bonds is 4. The molecule has 1 aliphatic heterocycles. The van der Waals surface area contributed by atoms with Crippen molar-refractivity contribution in [2.75, 3.05) is 6.54 Å².